The van der Waals surface area contributed by atoms with Crippen molar-refractivity contribution in [1.29, 1.82) is 0 Å². The van der Waals surface area contributed by atoms with E-state index < -0.39 is 0 Å². The molecule has 5 rings (SSSR count). The Bertz CT molecular complexity index is 1120. The van der Waals surface area contributed by atoms with Crippen molar-refractivity contribution in [3.05, 3.63) is 104 Å². The summed E-state index contributed by atoms with van der Waals surface area (Å²) < 4.78 is 0. The Morgan fingerprint density at radius 3 is 1.56 bits per heavy atom. The summed E-state index contributed by atoms with van der Waals surface area (Å²) in [7, 11) is 0. The van der Waals surface area contributed by atoms with Crippen LogP contribution in [0, 0.1) is 33.1 Å². The maximum atomic E-state index is 2.41. The van der Waals surface area contributed by atoms with E-state index in [-0.39, 0.29) is 47.6 Å². The summed E-state index contributed by atoms with van der Waals surface area (Å²) in [4.78, 5) is 0. The van der Waals surface area contributed by atoms with Crippen molar-refractivity contribution in [3.8, 4) is 22.3 Å². The largest absolute Gasteiger partial charge is 3.00 e. The molecule has 2 aromatic carbocycles. The van der Waals surface area contributed by atoms with Crippen LogP contribution in [0.2, 0.25) is 0 Å². The smallest absolute Gasteiger partial charge is 0.358 e. The van der Waals surface area contributed by atoms with Gasteiger partial charge in [0.15, 0.2) is 0 Å². The van der Waals surface area contributed by atoms with Crippen molar-refractivity contribution in [1.82, 2.24) is 0 Å². The molecule has 1 unspecified atom stereocenters. The average molecular weight is 557 g/mol. The summed E-state index contributed by atoms with van der Waals surface area (Å²) in [6, 6.07) is 14.0. The van der Waals surface area contributed by atoms with Crippen molar-refractivity contribution in [2.45, 2.75) is 68.2 Å². The van der Waals surface area contributed by atoms with Crippen LogP contribution >= 0.6 is 0 Å². The molecule has 0 saturated carbocycles. The van der Waals surface area contributed by atoms with Crippen LogP contribution in [0.1, 0.15) is 79.4 Å². The molecule has 0 aromatic heterocycles. The third-order valence-electron chi connectivity index (χ3n) is 7.10. The van der Waals surface area contributed by atoms with Gasteiger partial charge in [0.1, 0.15) is 0 Å². The molecule has 36 heavy (non-hydrogen) atoms. The zero-order chi connectivity index (χ0) is 24.1. The number of fused-ring (bicyclic) bond motifs is 4. The normalized spacial score (nSPS) is 14.6. The number of benzene rings is 2. The Kier molecular flexibility index (Phi) is 14.9. The van der Waals surface area contributed by atoms with E-state index in [0.29, 0.717) is 11.8 Å². The fourth-order valence-corrected chi connectivity index (χ4v) is 4.77. The van der Waals surface area contributed by atoms with E-state index in [1.54, 1.807) is 5.57 Å². The van der Waals surface area contributed by atoms with E-state index in [0.717, 1.165) is 12.8 Å². The van der Waals surface area contributed by atoms with E-state index in [2.05, 4.69) is 94.8 Å². The van der Waals surface area contributed by atoms with Crippen molar-refractivity contribution in [3.63, 3.8) is 0 Å². The van der Waals surface area contributed by atoms with Crippen molar-refractivity contribution in [2.75, 3.05) is 0 Å². The van der Waals surface area contributed by atoms with Gasteiger partial charge >= 0.3 is 32.7 Å². The Morgan fingerprint density at radius 2 is 1.11 bits per heavy atom. The Morgan fingerprint density at radius 1 is 0.639 bits per heavy atom. The molecule has 0 aliphatic heterocycles. The first-order valence-electron chi connectivity index (χ1n) is 12.9. The van der Waals surface area contributed by atoms with E-state index in [1.165, 1.54) is 50.1 Å². The minimum atomic E-state index is 0. The summed E-state index contributed by atoms with van der Waals surface area (Å²) in [6.45, 7) is 17.1. The number of hydrogen-bond donors (Lipinski definition) is 0. The zero-order valence-corrected chi connectivity index (χ0v) is 27.3. The number of allylic oxidation sites excluding steroid dienone is 8. The van der Waals surface area contributed by atoms with Crippen LogP contribution in [-0.4, -0.2) is 0 Å². The molecule has 3 aliphatic carbocycles. The molecular weight excluding hydrogens is 509 g/mol. The quantitative estimate of drug-likeness (QED) is 0.274. The molecular formula is C35H47Y. The molecule has 0 amide bonds. The van der Waals surface area contributed by atoms with Crippen molar-refractivity contribution >= 4 is 11.1 Å². The molecule has 0 nitrogen and oxygen atoms in total. The maximum Gasteiger partial charge on any atom is 3.00 e. The van der Waals surface area contributed by atoms with Gasteiger partial charge in [-0.15, -0.1) is 13.0 Å². The van der Waals surface area contributed by atoms with E-state index in [4.69, 9.17) is 0 Å². The average Bonchev–Trinajstić information content (AvgIpc) is 3.54. The number of hydrogen-bond acceptors (Lipinski definition) is 0. The fraction of sp³-hybridized carbons (Fsp3) is 0.343. The van der Waals surface area contributed by atoms with Gasteiger partial charge in [-0.05, 0) is 75.8 Å². The van der Waals surface area contributed by atoms with Crippen LogP contribution in [0.3, 0.4) is 0 Å². The Labute approximate surface area is 249 Å². The zero-order valence-electron chi connectivity index (χ0n) is 24.5. The molecule has 0 N–H and O–H groups in total. The van der Waals surface area contributed by atoms with Crippen LogP contribution in [0.15, 0.2) is 71.8 Å². The molecule has 3 aliphatic rings. The second-order valence-electron chi connectivity index (χ2n) is 9.06. The molecule has 0 fully saturated rings. The minimum absolute atomic E-state index is 0. The predicted octanol–water partition coefficient (Wildman–Crippen LogP) is 11.2. The van der Waals surface area contributed by atoms with Crippen LogP contribution < -0.4 is 0 Å². The van der Waals surface area contributed by atoms with Gasteiger partial charge in [-0.3, -0.25) is 0 Å². The molecule has 190 valence electrons. The molecule has 0 spiro atoms. The minimum Gasteiger partial charge on any atom is -0.358 e. The first kappa shape index (κ1) is 34.4. The Balaban J connectivity index is 0.00000167. The van der Waals surface area contributed by atoms with Gasteiger partial charge in [0.25, 0.3) is 0 Å². The molecule has 1 heteroatoms. The fourth-order valence-electron chi connectivity index (χ4n) is 4.77. The van der Waals surface area contributed by atoms with Gasteiger partial charge in [-0.1, -0.05) is 96.0 Å². The van der Waals surface area contributed by atoms with Crippen LogP contribution in [0.25, 0.3) is 33.4 Å². The number of rotatable bonds is 5. The second-order valence-corrected chi connectivity index (χ2v) is 9.06. The van der Waals surface area contributed by atoms with Gasteiger partial charge in [0.05, 0.1) is 0 Å². The first-order chi connectivity index (χ1) is 16.0. The molecule has 0 bridgehead atoms. The third-order valence-corrected chi connectivity index (χ3v) is 7.10. The topological polar surface area (TPSA) is 0 Å². The van der Waals surface area contributed by atoms with Gasteiger partial charge in [-0.25, -0.2) is 18.1 Å². The summed E-state index contributed by atoms with van der Waals surface area (Å²) in [6.07, 6.45) is 13.6. The van der Waals surface area contributed by atoms with Crippen LogP contribution in [-0.2, 0) is 32.7 Å². The predicted molar refractivity (Wildman–Crippen MR) is 162 cm³/mol. The maximum absolute atomic E-state index is 2.41. The van der Waals surface area contributed by atoms with Gasteiger partial charge < -0.3 is 14.9 Å². The summed E-state index contributed by atoms with van der Waals surface area (Å²) in [5.41, 5.74) is 14.3. The Hall–Kier alpha value is -1.63. The molecule has 0 radical (unpaired) electrons. The molecule has 0 saturated heterocycles. The second kappa shape index (κ2) is 15.6. The monoisotopic (exact) mass is 556 g/mol. The molecule has 1 atom stereocenters. The first-order valence-corrected chi connectivity index (χ1v) is 12.9. The van der Waals surface area contributed by atoms with Gasteiger partial charge in [0.2, 0.25) is 0 Å². The van der Waals surface area contributed by atoms with Gasteiger partial charge in [-0.2, -0.15) is 0 Å². The van der Waals surface area contributed by atoms with E-state index in [1.807, 2.05) is 27.7 Å². The van der Waals surface area contributed by atoms with Crippen LogP contribution in [0.4, 0.5) is 0 Å². The van der Waals surface area contributed by atoms with Gasteiger partial charge in [0, 0.05) is 0 Å². The third kappa shape index (κ3) is 6.82. The standard InChI is InChI=1S/C29H29.2C2H6.2CH3.Y/c1-5-20-6-7-22(14-20)24-10-12-26-27-13-11-25(17-29(27)28(26)16-24)23-9-8-21(15-23)19(4)18(2)3;2*1-2;;;/h5-13,16-19H,14-15H2,1-4H3;2*1-2H3;2*1H3;/q-1;;;2*-1;+3. The van der Waals surface area contributed by atoms with Crippen LogP contribution in [0.5, 0.6) is 0 Å². The summed E-state index contributed by atoms with van der Waals surface area (Å²) in [5, 5.41) is 0. The van der Waals surface area contributed by atoms with Crippen molar-refractivity contribution < 1.29 is 32.7 Å². The van der Waals surface area contributed by atoms with E-state index >= 15 is 0 Å². The van der Waals surface area contributed by atoms with Crippen molar-refractivity contribution in [2.24, 2.45) is 11.8 Å². The molecule has 0 heterocycles. The SMILES string of the molecule is CC.CC.C[CH-]C1=CC=C(c2ccc3c(c2)-c2cc(C4=CC=C(C(C)C(C)C)C4)ccc2-3)C1.[CH3-].[CH3-].[Y+3]. The summed E-state index contributed by atoms with van der Waals surface area (Å²) in [5.74, 6) is 1.35. The summed E-state index contributed by atoms with van der Waals surface area (Å²) >= 11 is 0. The molecule has 2 aromatic rings. The van der Waals surface area contributed by atoms with E-state index in [9.17, 15) is 0 Å².